The number of ether oxygens (including phenoxy) is 3. The molecule has 234 valence electrons. The zero-order valence-corrected chi connectivity index (χ0v) is 25.4. The molecule has 2 aliphatic rings. The first kappa shape index (κ1) is 30.0. The van der Waals surface area contributed by atoms with Crippen LogP contribution < -0.4 is 4.74 Å². The molecule has 3 aromatic heterocycles. The number of carboxylic acid groups (broad SMARTS) is 1. The lowest BCUT2D eigenvalue weighted by molar-refractivity contribution is -0.0589. The van der Waals surface area contributed by atoms with Crippen LogP contribution in [-0.2, 0) is 29.0 Å². The highest BCUT2D eigenvalue weighted by Crippen LogP contribution is 2.29. The summed E-state index contributed by atoms with van der Waals surface area (Å²) in [5.41, 5.74) is 1.62. The van der Waals surface area contributed by atoms with Crippen molar-refractivity contribution in [2.75, 3.05) is 19.8 Å². The van der Waals surface area contributed by atoms with Gasteiger partial charge in [0.25, 0.3) is 0 Å². The lowest BCUT2D eigenvalue weighted by Gasteiger charge is -2.27. The van der Waals surface area contributed by atoms with E-state index in [0.717, 1.165) is 41.5 Å². The van der Waals surface area contributed by atoms with Crippen LogP contribution in [0.15, 0.2) is 54.7 Å². The molecule has 0 bridgehead atoms. The third-order valence-electron chi connectivity index (χ3n) is 7.96. The Morgan fingerprint density at radius 1 is 1.11 bits per heavy atom. The fourth-order valence-electron chi connectivity index (χ4n) is 5.40. The highest BCUT2D eigenvalue weighted by molar-refractivity contribution is 7.12. The number of hydrogen-bond donors (Lipinski definition) is 1. The molecule has 5 aromatic rings. The second-order valence-corrected chi connectivity index (χ2v) is 12.2. The average molecular weight is 643 g/mol. The number of benzene rings is 2. The normalized spacial score (nSPS) is 17.4. The molecular weight excluding hydrogens is 614 g/mol. The van der Waals surface area contributed by atoms with Gasteiger partial charge in [0.15, 0.2) is 0 Å². The minimum absolute atomic E-state index is 0.00195. The molecule has 0 aliphatic carbocycles. The van der Waals surface area contributed by atoms with E-state index in [4.69, 9.17) is 14.2 Å². The first-order valence-corrected chi connectivity index (χ1v) is 15.7. The molecule has 2 saturated heterocycles. The van der Waals surface area contributed by atoms with Crippen LogP contribution in [-0.4, -0.2) is 56.5 Å². The molecule has 0 spiro atoms. The molecule has 5 heterocycles. The van der Waals surface area contributed by atoms with E-state index in [2.05, 4.69) is 26.8 Å². The summed E-state index contributed by atoms with van der Waals surface area (Å²) in [6.07, 6.45) is 3.43. The quantitative estimate of drug-likeness (QED) is 0.199. The summed E-state index contributed by atoms with van der Waals surface area (Å²) in [4.78, 5) is 25.8. The Kier molecular flexibility index (Phi) is 8.45. The number of aromatic nitrogens is 4. The molecule has 0 amide bonds. The zero-order valence-electron chi connectivity index (χ0n) is 24.5. The van der Waals surface area contributed by atoms with Crippen molar-refractivity contribution in [3.8, 4) is 29.0 Å². The number of imidazole rings is 1. The Morgan fingerprint density at radius 2 is 2.00 bits per heavy atom. The van der Waals surface area contributed by atoms with Crippen LogP contribution in [0.1, 0.15) is 44.5 Å². The third kappa shape index (κ3) is 6.48. The van der Waals surface area contributed by atoms with E-state index in [1.165, 1.54) is 17.4 Å². The summed E-state index contributed by atoms with van der Waals surface area (Å²) in [7, 11) is 0. The molecule has 1 N–H and O–H groups in total. The van der Waals surface area contributed by atoms with E-state index in [0.29, 0.717) is 36.6 Å². The van der Waals surface area contributed by atoms with Gasteiger partial charge in [-0.15, -0.1) is 11.3 Å². The van der Waals surface area contributed by atoms with Gasteiger partial charge in [0.2, 0.25) is 5.88 Å². The third-order valence-corrected chi connectivity index (χ3v) is 8.85. The number of thiazole rings is 1. The van der Waals surface area contributed by atoms with Crippen molar-refractivity contribution >= 4 is 28.3 Å². The topological polar surface area (TPSA) is 109 Å². The van der Waals surface area contributed by atoms with Crippen molar-refractivity contribution in [2.24, 2.45) is 5.92 Å². The minimum Gasteiger partial charge on any atom is -0.478 e. The zero-order chi connectivity index (χ0) is 31.6. The van der Waals surface area contributed by atoms with Gasteiger partial charge in [0, 0.05) is 37.2 Å². The van der Waals surface area contributed by atoms with E-state index in [9.17, 15) is 9.90 Å². The SMILES string of the molecule is O=C(O)c1ccc2nc(Cc3cc(F)c(-c4cccc(OCc5ncc(C#CC6CCOC6)s5)n4)cc3F)n(C[C@@H]3CCO3)c2c1. The first-order valence-electron chi connectivity index (χ1n) is 14.9. The van der Waals surface area contributed by atoms with Crippen LogP contribution in [0.25, 0.3) is 22.3 Å². The minimum atomic E-state index is -1.06. The number of carboxylic acids is 1. The molecule has 0 radical (unpaired) electrons. The van der Waals surface area contributed by atoms with Gasteiger partial charge in [-0.25, -0.2) is 28.5 Å². The van der Waals surface area contributed by atoms with Crippen LogP contribution in [0.2, 0.25) is 0 Å². The largest absolute Gasteiger partial charge is 0.478 e. The summed E-state index contributed by atoms with van der Waals surface area (Å²) in [6, 6.07) is 11.8. The Labute approximate surface area is 266 Å². The maximum atomic E-state index is 15.5. The highest BCUT2D eigenvalue weighted by atomic mass is 32.1. The van der Waals surface area contributed by atoms with Crippen molar-refractivity contribution in [1.82, 2.24) is 19.5 Å². The fourth-order valence-corrected chi connectivity index (χ4v) is 6.10. The number of halogens is 2. The fraction of sp³-hybridized carbons (Fsp3) is 0.294. The van der Waals surface area contributed by atoms with Gasteiger partial charge in [-0.2, -0.15) is 0 Å². The van der Waals surface area contributed by atoms with Gasteiger partial charge < -0.3 is 23.9 Å². The molecule has 2 aromatic carbocycles. The molecule has 46 heavy (non-hydrogen) atoms. The van der Waals surface area contributed by atoms with Gasteiger partial charge in [-0.05, 0) is 54.8 Å². The van der Waals surface area contributed by atoms with Crippen molar-refractivity contribution in [3.05, 3.63) is 93.2 Å². The van der Waals surface area contributed by atoms with Gasteiger partial charge in [0.1, 0.15) is 29.1 Å². The number of nitrogens with zero attached hydrogens (tertiary/aromatic N) is 4. The van der Waals surface area contributed by atoms with Crippen LogP contribution >= 0.6 is 11.3 Å². The average Bonchev–Trinajstić information content (AvgIpc) is 3.79. The summed E-state index contributed by atoms with van der Waals surface area (Å²) in [5, 5.41) is 10.2. The second kappa shape index (κ2) is 13.0. The standard InChI is InChI=1S/C34H28F2N4O5S/c35-26-15-25(28-2-1-3-32(39-28)45-19-33-37-16-24(46-33)6-4-20-8-10-43-18-20)27(36)12-22(26)14-31-38-29-7-5-21(34(41)42)13-30(29)40(31)17-23-9-11-44-23/h1-3,5,7,12-13,15-16,20,23H,8-11,14,17-19H2,(H,41,42)/t20?,23-/m0/s1. The summed E-state index contributed by atoms with van der Waals surface area (Å²) in [5.74, 6) is 5.01. The maximum absolute atomic E-state index is 15.5. The van der Waals surface area contributed by atoms with Crippen LogP contribution in [0.3, 0.4) is 0 Å². The molecule has 1 unspecified atom stereocenters. The van der Waals surface area contributed by atoms with E-state index in [-0.39, 0.29) is 53.3 Å². The molecular formula is C34H28F2N4O5S. The predicted molar refractivity (Wildman–Crippen MR) is 166 cm³/mol. The molecule has 0 saturated carbocycles. The Morgan fingerprint density at radius 3 is 2.78 bits per heavy atom. The van der Waals surface area contributed by atoms with E-state index in [1.807, 2.05) is 4.57 Å². The number of pyridine rings is 1. The predicted octanol–water partition coefficient (Wildman–Crippen LogP) is 5.88. The van der Waals surface area contributed by atoms with Gasteiger partial charge in [-0.3, -0.25) is 0 Å². The van der Waals surface area contributed by atoms with E-state index >= 15 is 8.78 Å². The molecule has 2 fully saturated rings. The first-order chi connectivity index (χ1) is 22.4. The van der Waals surface area contributed by atoms with Crippen LogP contribution in [0.4, 0.5) is 8.78 Å². The Bertz CT molecular complexity index is 1990. The lowest BCUT2D eigenvalue weighted by Crippen LogP contribution is -2.31. The summed E-state index contributed by atoms with van der Waals surface area (Å²) < 4.78 is 49.7. The van der Waals surface area contributed by atoms with E-state index < -0.39 is 17.6 Å². The molecule has 2 aliphatic heterocycles. The number of aromatic carboxylic acids is 1. The number of rotatable bonds is 9. The maximum Gasteiger partial charge on any atom is 0.335 e. The number of fused-ring (bicyclic) bond motifs is 1. The summed E-state index contributed by atoms with van der Waals surface area (Å²) >= 11 is 1.43. The Balaban J connectivity index is 1.08. The number of hydrogen-bond acceptors (Lipinski definition) is 8. The lowest BCUT2D eigenvalue weighted by atomic mass is 10.0. The van der Waals surface area contributed by atoms with Gasteiger partial charge in [0.05, 0.1) is 52.6 Å². The molecule has 2 atom stereocenters. The smallest absolute Gasteiger partial charge is 0.335 e. The monoisotopic (exact) mass is 642 g/mol. The van der Waals surface area contributed by atoms with Crippen molar-refractivity contribution in [1.29, 1.82) is 0 Å². The molecule has 12 heteroatoms. The van der Waals surface area contributed by atoms with Crippen LogP contribution in [0.5, 0.6) is 5.88 Å². The van der Waals surface area contributed by atoms with E-state index in [1.54, 1.807) is 36.5 Å². The Hall–Kier alpha value is -4.70. The molecule has 7 rings (SSSR count). The highest BCUT2D eigenvalue weighted by Gasteiger charge is 2.24. The van der Waals surface area contributed by atoms with Crippen molar-refractivity contribution in [2.45, 2.75) is 38.5 Å². The van der Waals surface area contributed by atoms with Crippen molar-refractivity contribution in [3.63, 3.8) is 0 Å². The number of carbonyl (C=O) groups is 1. The van der Waals surface area contributed by atoms with Gasteiger partial charge >= 0.3 is 5.97 Å². The molecule has 9 nitrogen and oxygen atoms in total. The second-order valence-electron chi connectivity index (χ2n) is 11.1. The van der Waals surface area contributed by atoms with Crippen molar-refractivity contribution < 1.29 is 32.9 Å². The summed E-state index contributed by atoms with van der Waals surface area (Å²) in [6.45, 7) is 2.64. The van der Waals surface area contributed by atoms with Crippen LogP contribution in [0, 0.1) is 29.4 Å². The van der Waals surface area contributed by atoms with Gasteiger partial charge in [-0.1, -0.05) is 17.9 Å².